The highest BCUT2D eigenvalue weighted by Gasteiger charge is 2.36. The molecule has 1 aromatic rings. The highest BCUT2D eigenvalue weighted by atomic mass is 16.6. The number of rotatable bonds is 14. The van der Waals surface area contributed by atoms with Crippen molar-refractivity contribution < 1.29 is 29.0 Å². The summed E-state index contributed by atoms with van der Waals surface area (Å²) < 4.78 is 5.33. The second kappa shape index (κ2) is 15.1. The number of ether oxygens (including phenoxy) is 1. The molecule has 0 radical (unpaired) electrons. The van der Waals surface area contributed by atoms with Gasteiger partial charge >= 0.3 is 6.09 Å². The van der Waals surface area contributed by atoms with Crippen molar-refractivity contribution in [2.75, 3.05) is 6.54 Å². The molecule has 0 aliphatic rings. The average molecular weight is 521 g/mol. The van der Waals surface area contributed by atoms with Crippen LogP contribution < -0.4 is 16.4 Å². The predicted octanol–water partition coefficient (Wildman–Crippen LogP) is 3.53. The van der Waals surface area contributed by atoms with Crippen LogP contribution in [0.25, 0.3) is 0 Å². The summed E-state index contributed by atoms with van der Waals surface area (Å²) in [7, 11) is 0. The van der Waals surface area contributed by atoms with Gasteiger partial charge < -0.3 is 31.1 Å². The Bertz CT molecular complexity index is 912. The van der Waals surface area contributed by atoms with E-state index in [1.165, 1.54) is 17.0 Å². The van der Waals surface area contributed by atoms with Gasteiger partial charge in [-0.1, -0.05) is 38.3 Å². The molecule has 0 aliphatic heterocycles. The lowest BCUT2D eigenvalue weighted by Crippen LogP contribution is -2.54. The van der Waals surface area contributed by atoms with Crippen LogP contribution in [0, 0.1) is 0 Å². The Hall–Kier alpha value is -3.30. The van der Waals surface area contributed by atoms with Crippen LogP contribution in [0.3, 0.4) is 0 Å². The van der Waals surface area contributed by atoms with E-state index in [0.717, 1.165) is 19.3 Å². The van der Waals surface area contributed by atoms with Gasteiger partial charge in [-0.05, 0) is 65.2 Å². The molecule has 4 amide bonds. The van der Waals surface area contributed by atoms with E-state index in [0.29, 0.717) is 12.0 Å². The fourth-order valence-corrected chi connectivity index (χ4v) is 3.80. The van der Waals surface area contributed by atoms with Crippen molar-refractivity contribution in [2.24, 2.45) is 5.73 Å². The van der Waals surface area contributed by atoms with Crippen LogP contribution in [-0.2, 0) is 19.1 Å². The van der Waals surface area contributed by atoms with Gasteiger partial charge in [0, 0.05) is 19.0 Å². The monoisotopic (exact) mass is 520 g/mol. The smallest absolute Gasteiger partial charge is 0.408 e. The first-order valence-corrected chi connectivity index (χ1v) is 12.9. The van der Waals surface area contributed by atoms with E-state index in [1.807, 2.05) is 13.8 Å². The first-order chi connectivity index (χ1) is 17.2. The van der Waals surface area contributed by atoms with Crippen molar-refractivity contribution in [2.45, 2.75) is 104 Å². The largest absolute Gasteiger partial charge is 0.508 e. The Balaban J connectivity index is 3.48. The maximum Gasteiger partial charge on any atom is 0.408 e. The molecular formula is C27H44N4O6. The number of nitrogens with two attached hydrogens (primary N) is 1. The van der Waals surface area contributed by atoms with Gasteiger partial charge in [0.2, 0.25) is 17.7 Å². The van der Waals surface area contributed by atoms with E-state index in [-0.39, 0.29) is 31.2 Å². The number of hydrogen-bond acceptors (Lipinski definition) is 6. The number of nitrogens with one attached hydrogen (secondary N) is 2. The number of amides is 4. The number of benzene rings is 1. The molecule has 0 bridgehead atoms. The van der Waals surface area contributed by atoms with Crippen LogP contribution in [-0.4, -0.2) is 58.1 Å². The molecule has 10 nitrogen and oxygen atoms in total. The van der Waals surface area contributed by atoms with Crippen molar-refractivity contribution in [3.63, 3.8) is 0 Å². The molecule has 1 rings (SSSR count). The number of alkyl carbamates (subject to hydrolysis) is 1. The molecule has 10 heteroatoms. The quantitative estimate of drug-likeness (QED) is 0.276. The first kappa shape index (κ1) is 31.7. The molecule has 5 N–H and O–H groups in total. The normalized spacial score (nSPS) is 12.9. The Morgan fingerprint density at radius 2 is 1.76 bits per heavy atom. The maximum atomic E-state index is 14.0. The number of carbonyl (C=O) groups excluding carboxylic acids is 4. The van der Waals surface area contributed by atoms with Crippen molar-refractivity contribution in [1.82, 2.24) is 15.5 Å². The summed E-state index contributed by atoms with van der Waals surface area (Å²) in [5.41, 5.74) is 4.95. The fourth-order valence-electron chi connectivity index (χ4n) is 3.80. The van der Waals surface area contributed by atoms with Gasteiger partial charge in [-0.3, -0.25) is 14.4 Å². The molecule has 0 aliphatic carbocycles. The van der Waals surface area contributed by atoms with Crippen LogP contribution in [0.2, 0.25) is 0 Å². The molecule has 0 saturated heterocycles. The Kier molecular flexibility index (Phi) is 12.9. The number of hydrogen-bond donors (Lipinski definition) is 4. The van der Waals surface area contributed by atoms with Crippen LogP contribution in [0.1, 0.15) is 91.7 Å². The topological polar surface area (TPSA) is 151 Å². The van der Waals surface area contributed by atoms with Crippen LogP contribution >= 0.6 is 0 Å². The minimum absolute atomic E-state index is 0.0459. The SMILES string of the molecule is CCCCCCN(C(=O)C(CCC(N)=O)NC(=O)OC(C)(C)C)C(C(=O)NC(C)C)c1cccc(O)c1. The summed E-state index contributed by atoms with van der Waals surface area (Å²) in [6, 6.07) is 3.76. The summed E-state index contributed by atoms with van der Waals surface area (Å²) in [5.74, 6) is -1.64. The third kappa shape index (κ3) is 12.0. The molecule has 0 heterocycles. The van der Waals surface area contributed by atoms with Gasteiger partial charge in [-0.15, -0.1) is 0 Å². The molecule has 0 spiro atoms. The zero-order chi connectivity index (χ0) is 28.2. The third-order valence-electron chi connectivity index (χ3n) is 5.38. The number of carbonyl (C=O) groups is 4. The lowest BCUT2D eigenvalue weighted by Gasteiger charge is -2.35. The van der Waals surface area contributed by atoms with E-state index in [1.54, 1.807) is 32.9 Å². The third-order valence-corrected chi connectivity index (χ3v) is 5.38. The van der Waals surface area contributed by atoms with E-state index in [2.05, 4.69) is 17.6 Å². The Morgan fingerprint density at radius 3 is 2.30 bits per heavy atom. The van der Waals surface area contributed by atoms with Crippen LogP contribution in [0.15, 0.2) is 24.3 Å². The number of primary amides is 1. The van der Waals surface area contributed by atoms with Crippen molar-refractivity contribution in [3.8, 4) is 5.75 Å². The van der Waals surface area contributed by atoms with Crippen LogP contribution in [0.5, 0.6) is 5.75 Å². The second-order valence-corrected chi connectivity index (χ2v) is 10.5. The summed E-state index contributed by atoms with van der Waals surface area (Å²) in [4.78, 5) is 52.9. The maximum absolute atomic E-state index is 14.0. The van der Waals surface area contributed by atoms with E-state index in [9.17, 15) is 24.3 Å². The van der Waals surface area contributed by atoms with Crippen molar-refractivity contribution >= 4 is 23.8 Å². The summed E-state index contributed by atoms with van der Waals surface area (Å²) in [6.45, 7) is 11.0. The number of nitrogens with zero attached hydrogens (tertiary/aromatic N) is 1. The van der Waals surface area contributed by atoms with E-state index >= 15 is 0 Å². The zero-order valence-corrected chi connectivity index (χ0v) is 23.0. The Labute approximate surface area is 220 Å². The molecule has 37 heavy (non-hydrogen) atoms. The van der Waals surface area contributed by atoms with Gasteiger partial charge in [0.05, 0.1) is 0 Å². The van der Waals surface area contributed by atoms with Gasteiger partial charge in [-0.25, -0.2) is 4.79 Å². The number of aromatic hydroxyl groups is 1. The molecule has 208 valence electrons. The standard InChI is InChI=1S/C27H44N4O6/c1-7-8-9-10-16-31(23(24(34)29-18(2)3)19-12-11-13-20(32)17-19)25(35)21(14-15-22(28)33)30-26(36)37-27(4,5)6/h11-13,17-18,21,23,32H,7-10,14-16H2,1-6H3,(H2,28,33)(H,29,34)(H,30,36). The highest BCUT2D eigenvalue weighted by Crippen LogP contribution is 2.27. The average Bonchev–Trinajstić information content (AvgIpc) is 2.76. The molecule has 0 fully saturated rings. The molecule has 2 atom stereocenters. The zero-order valence-electron chi connectivity index (χ0n) is 23.0. The minimum atomic E-state index is -1.15. The Morgan fingerprint density at radius 1 is 1.08 bits per heavy atom. The van der Waals surface area contributed by atoms with Crippen molar-refractivity contribution in [3.05, 3.63) is 29.8 Å². The summed E-state index contributed by atoms with van der Waals surface area (Å²) in [5, 5.41) is 15.5. The summed E-state index contributed by atoms with van der Waals surface area (Å²) >= 11 is 0. The van der Waals surface area contributed by atoms with Gasteiger partial charge in [0.15, 0.2) is 0 Å². The van der Waals surface area contributed by atoms with Gasteiger partial charge in [0.25, 0.3) is 0 Å². The van der Waals surface area contributed by atoms with Gasteiger partial charge in [0.1, 0.15) is 23.4 Å². The second-order valence-electron chi connectivity index (χ2n) is 10.5. The molecular weight excluding hydrogens is 476 g/mol. The van der Waals surface area contributed by atoms with E-state index < -0.39 is 41.5 Å². The fraction of sp³-hybridized carbons (Fsp3) is 0.630. The first-order valence-electron chi connectivity index (χ1n) is 12.9. The molecule has 0 saturated carbocycles. The highest BCUT2D eigenvalue weighted by molar-refractivity contribution is 5.92. The molecule has 2 unspecified atom stereocenters. The predicted molar refractivity (Wildman–Crippen MR) is 142 cm³/mol. The van der Waals surface area contributed by atoms with E-state index in [4.69, 9.17) is 10.5 Å². The lowest BCUT2D eigenvalue weighted by molar-refractivity contribution is -0.143. The number of phenolic OH excluding ortho intramolecular Hbond substituents is 1. The molecule has 0 aromatic heterocycles. The number of unbranched alkanes of at least 4 members (excludes halogenated alkanes) is 3. The van der Waals surface area contributed by atoms with Crippen molar-refractivity contribution in [1.29, 1.82) is 0 Å². The summed E-state index contributed by atoms with van der Waals surface area (Å²) in [6.07, 6.45) is 2.38. The lowest BCUT2D eigenvalue weighted by atomic mass is 10.00. The number of phenols is 1. The molecule has 1 aromatic carbocycles. The van der Waals surface area contributed by atoms with Crippen LogP contribution in [0.4, 0.5) is 4.79 Å². The van der Waals surface area contributed by atoms with Gasteiger partial charge in [-0.2, -0.15) is 0 Å². The minimum Gasteiger partial charge on any atom is -0.508 e.